The molecule has 0 aliphatic carbocycles. The molecule has 0 bridgehead atoms. The van der Waals surface area contributed by atoms with E-state index in [4.69, 9.17) is 4.74 Å². The monoisotopic (exact) mass is 340 g/mol. The van der Waals surface area contributed by atoms with E-state index >= 15 is 0 Å². The average molecular weight is 340 g/mol. The molecule has 0 saturated carbocycles. The summed E-state index contributed by atoms with van der Waals surface area (Å²) in [5, 5.41) is 2.90. The fourth-order valence-electron chi connectivity index (χ4n) is 3.02. The Morgan fingerprint density at radius 3 is 2.79 bits per heavy atom. The lowest BCUT2D eigenvalue weighted by molar-refractivity contribution is 0.113. The summed E-state index contributed by atoms with van der Waals surface area (Å²) in [5.74, 6) is -0.931. The second-order valence-corrected chi connectivity index (χ2v) is 6.60. The molecule has 1 heterocycles. The van der Waals surface area contributed by atoms with Crippen molar-refractivity contribution < 1.29 is 18.3 Å². The van der Waals surface area contributed by atoms with Crippen molar-refractivity contribution in [1.82, 2.24) is 10.2 Å². The number of benzene rings is 1. The van der Waals surface area contributed by atoms with Crippen molar-refractivity contribution in [1.29, 1.82) is 0 Å². The third kappa shape index (κ3) is 4.66. The smallest absolute Gasteiger partial charge is 0.317 e. The predicted octanol–water partition coefficient (Wildman–Crippen LogP) is 3.73. The van der Waals surface area contributed by atoms with Gasteiger partial charge in [0.05, 0.1) is 12.6 Å². The number of hydrogen-bond acceptors (Lipinski definition) is 2. The van der Waals surface area contributed by atoms with Crippen molar-refractivity contribution in [3.63, 3.8) is 0 Å². The summed E-state index contributed by atoms with van der Waals surface area (Å²) in [7, 11) is 0. The van der Waals surface area contributed by atoms with Crippen LogP contribution in [0.15, 0.2) is 18.2 Å². The van der Waals surface area contributed by atoms with Gasteiger partial charge in [-0.05, 0) is 25.3 Å². The zero-order valence-corrected chi connectivity index (χ0v) is 14.5. The molecule has 1 aromatic carbocycles. The highest BCUT2D eigenvalue weighted by Gasteiger charge is 2.29. The number of nitrogens with zero attached hydrogens (tertiary/aromatic N) is 1. The summed E-state index contributed by atoms with van der Waals surface area (Å²) in [6.45, 7) is 8.38. The number of rotatable bonds is 6. The van der Waals surface area contributed by atoms with Crippen LogP contribution in [-0.2, 0) is 4.74 Å². The maximum absolute atomic E-state index is 14.1. The first-order valence-electron chi connectivity index (χ1n) is 8.50. The molecule has 0 spiro atoms. The second kappa shape index (κ2) is 8.42. The quantitative estimate of drug-likeness (QED) is 0.857. The van der Waals surface area contributed by atoms with E-state index in [-0.39, 0.29) is 11.9 Å². The Morgan fingerprint density at radius 2 is 2.17 bits per heavy atom. The van der Waals surface area contributed by atoms with Crippen LogP contribution in [0.3, 0.4) is 0 Å². The zero-order valence-electron chi connectivity index (χ0n) is 14.5. The first-order valence-corrected chi connectivity index (χ1v) is 8.50. The van der Waals surface area contributed by atoms with Crippen LogP contribution in [0, 0.1) is 23.5 Å². The van der Waals surface area contributed by atoms with E-state index in [1.165, 1.54) is 12.1 Å². The van der Waals surface area contributed by atoms with Crippen LogP contribution in [0.1, 0.15) is 38.8 Å². The lowest BCUT2D eigenvalue weighted by Gasteiger charge is -2.26. The third-order valence-corrected chi connectivity index (χ3v) is 4.37. The van der Waals surface area contributed by atoms with Crippen LogP contribution >= 0.6 is 0 Å². The van der Waals surface area contributed by atoms with Gasteiger partial charge in [-0.2, -0.15) is 0 Å². The molecule has 0 unspecified atom stereocenters. The highest BCUT2D eigenvalue weighted by Crippen LogP contribution is 2.26. The molecule has 4 nitrogen and oxygen atoms in total. The number of carbonyl (C=O) groups excluding carboxylic acids is 1. The molecule has 0 aromatic heterocycles. The number of ether oxygens (including phenoxy) is 1. The molecule has 1 saturated heterocycles. The van der Waals surface area contributed by atoms with Crippen LogP contribution in [0.4, 0.5) is 13.6 Å². The van der Waals surface area contributed by atoms with Gasteiger partial charge in [-0.25, -0.2) is 13.6 Å². The molecule has 24 heavy (non-hydrogen) atoms. The highest BCUT2D eigenvalue weighted by molar-refractivity contribution is 5.75. The van der Waals surface area contributed by atoms with Crippen LogP contribution in [0.5, 0.6) is 0 Å². The highest BCUT2D eigenvalue weighted by atomic mass is 19.1. The SMILES string of the molecule is CCOC[C@@H]1CCN(C(=O)N[C@@H](c2ccc(F)cc2F)C(C)C)C1. The number of halogens is 2. The van der Waals surface area contributed by atoms with Gasteiger partial charge < -0.3 is 15.0 Å². The Labute approximate surface area is 142 Å². The van der Waals surface area contributed by atoms with E-state index in [1.54, 1.807) is 4.90 Å². The summed E-state index contributed by atoms with van der Waals surface area (Å²) in [6, 6.07) is 2.76. The van der Waals surface area contributed by atoms with Gasteiger partial charge in [0.15, 0.2) is 0 Å². The number of likely N-dealkylation sites (tertiary alicyclic amines) is 1. The Hall–Kier alpha value is -1.69. The summed E-state index contributed by atoms with van der Waals surface area (Å²) < 4.78 is 32.6. The van der Waals surface area contributed by atoms with Crippen molar-refractivity contribution in [2.24, 2.45) is 11.8 Å². The van der Waals surface area contributed by atoms with Crippen LogP contribution in [-0.4, -0.2) is 37.2 Å². The van der Waals surface area contributed by atoms with Gasteiger partial charge in [-0.1, -0.05) is 19.9 Å². The average Bonchev–Trinajstić information content (AvgIpc) is 3.00. The Kier molecular flexibility index (Phi) is 6.54. The van der Waals surface area contributed by atoms with Crippen LogP contribution < -0.4 is 5.32 Å². The van der Waals surface area contributed by atoms with Gasteiger partial charge in [-0.3, -0.25) is 0 Å². The van der Waals surface area contributed by atoms with Gasteiger partial charge in [0.1, 0.15) is 11.6 Å². The minimum atomic E-state index is -0.635. The fraction of sp³-hybridized carbons (Fsp3) is 0.611. The van der Waals surface area contributed by atoms with Crippen molar-refractivity contribution in [3.8, 4) is 0 Å². The van der Waals surface area contributed by atoms with Gasteiger partial charge in [0.25, 0.3) is 0 Å². The van der Waals surface area contributed by atoms with E-state index in [2.05, 4.69) is 5.32 Å². The lowest BCUT2D eigenvalue weighted by atomic mass is 9.95. The Balaban J connectivity index is 2.02. The predicted molar refractivity (Wildman–Crippen MR) is 88.6 cm³/mol. The number of hydrogen-bond donors (Lipinski definition) is 1. The summed E-state index contributed by atoms with van der Waals surface area (Å²) in [4.78, 5) is 14.2. The van der Waals surface area contributed by atoms with E-state index < -0.39 is 17.7 Å². The van der Waals surface area contributed by atoms with Crippen molar-refractivity contribution in [2.75, 3.05) is 26.3 Å². The number of carbonyl (C=O) groups is 1. The largest absolute Gasteiger partial charge is 0.381 e. The normalized spacial score (nSPS) is 18.9. The van der Waals surface area contributed by atoms with Gasteiger partial charge in [0.2, 0.25) is 0 Å². The molecule has 1 aliphatic rings. The molecule has 2 rings (SSSR count). The molecule has 1 aromatic rings. The Morgan fingerprint density at radius 1 is 1.42 bits per heavy atom. The molecule has 0 radical (unpaired) electrons. The molecular weight excluding hydrogens is 314 g/mol. The van der Waals surface area contributed by atoms with Gasteiger partial charge in [0, 0.05) is 37.2 Å². The van der Waals surface area contributed by atoms with E-state index in [1.807, 2.05) is 20.8 Å². The van der Waals surface area contributed by atoms with Gasteiger partial charge >= 0.3 is 6.03 Å². The van der Waals surface area contributed by atoms with E-state index in [0.717, 1.165) is 12.5 Å². The fourth-order valence-corrected chi connectivity index (χ4v) is 3.02. The molecular formula is C18H26F2N2O2. The van der Waals surface area contributed by atoms with Crippen LogP contribution in [0.2, 0.25) is 0 Å². The maximum atomic E-state index is 14.1. The molecule has 6 heteroatoms. The van der Waals surface area contributed by atoms with Crippen LogP contribution in [0.25, 0.3) is 0 Å². The standard InChI is InChI=1S/C18H26F2N2O2/c1-4-24-11-13-7-8-22(10-13)18(23)21-17(12(2)3)15-6-5-14(19)9-16(15)20/h5-6,9,12-13,17H,4,7-8,10-11H2,1-3H3,(H,21,23)/t13-,17-/m1/s1. The molecule has 1 N–H and O–H groups in total. The molecule has 1 fully saturated rings. The summed E-state index contributed by atoms with van der Waals surface area (Å²) in [5.41, 5.74) is 0.310. The topological polar surface area (TPSA) is 41.6 Å². The molecule has 1 aliphatic heterocycles. The van der Waals surface area contributed by atoms with E-state index in [0.29, 0.717) is 37.8 Å². The lowest BCUT2D eigenvalue weighted by Crippen LogP contribution is -2.42. The molecule has 2 amide bonds. The Bertz CT molecular complexity index is 566. The summed E-state index contributed by atoms with van der Waals surface area (Å²) >= 11 is 0. The zero-order chi connectivity index (χ0) is 17.7. The van der Waals surface area contributed by atoms with Crippen molar-refractivity contribution >= 4 is 6.03 Å². The number of urea groups is 1. The molecule has 134 valence electrons. The van der Waals surface area contributed by atoms with Crippen molar-refractivity contribution in [2.45, 2.75) is 33.2 Å². The number of amides is 2. The summed E-state index contributed by atoms with van der Waals surface area (Å²) in [6.07, 6.45) is 0.907. The minimum Gasteiger partial charge on any atom is -0.381 e. The maximum Gasteiger partial charge on any atom is 0.317 e. The van der Waals surface area contributed by atoms with Crippen molar-refractivity contribution in [3.05, 3.63) is 35.4 Å². The second-order valence-electron chi connectivity index (χ2n) is 6.60. The number of nitrogens with one attached hydrogen (secondary N) is 1. The first-order chi connectivity index (χ1) is 11.4. The minimum absolute atomic E-state index is 0.0178. The first kappa shape index (κ1) is 18.6. The molecule has 2 atom stereocenters. The van der Waals surface area contributed by atoms with E-state index in [9.17, 15) is 13.6 Å². The third-order valence-electron chi connectivity index (χ3n) is 4.37. The van der Waals surface area contributed by atoms with Gasteiger partial charge in [-0.15, -0.1) is 0 Å².